The van der Waals surface area contributed by atoms with Crippen molar-refractivity contribution in [2.45, 2.75) is 19.8 Å². The second-order valence-electron chi connectivity index (χ2n) is 6.30. The first-order valence-electron chi connectivity index (χ1n) is 9.07. The first-order chi connectivity index (χ1) is 13.5. The molecule has 8 heteroatoms. The van der Waals surface area contributed by atoms with E-state index in [1.165, 1.54) is 25.9 Å². The van der Waals surface area contributed by atoms with E-state index >= 15 is 0 Å². The van der Waals surface area contributed by atoms with Crippen LogP contribution >= 0.6 is 0 Å². The maximum atomic E-state index is 9.55. The molecule has 0 saturated carbocycles. The lowest BCUT2D eigenvalue weighted by molar-refractivity contribution is -0.134. The molecule has 3 N–H and O–H groups in total. The monoisotopic (exact) mass is 387 g/mol. The van der Waals surface area contributed by atoms with Crippen LogP contribution in [0.5, 0.6) is 5.88 Å². The second kappa shape index (κ2) is 10.9. The molecular weight excluding hydrogens is 362 g/mol. The van der Waals surface area contributed by atoms with Crippen LogP contribution in [0.15, 0.2) is 42.5 Å². The zero-order valence-electron chi connectivity index (χ0n) is 15.8. The Morgan fingerprint density at radius 1 is 1.14 bits per heavy atom. The average Bonchev–Trinajstić information content (AvgIpc) is 3.32. The molecule has 0 atom stereocenters. The van der Waals surface area contributed by atoms with Crippen molar-refractivity contribution in [3.63, 3.8) is 0 Å². The zero-order valence-corrected chi connectivity index (χ0v) is 15.8. The van der Waals surface area contributed by atoms with Crippen molar-refractivity contribution in [2.24, 2.45) is 0 Å². The molecule has 1 aromatic heterocycles. The summed E-state index contributed by atoms with van der Waals surface area (Å²) in [5, 5.41) is 23.0. The number of rotatable bonds is 7. The summed E-state index contributed by atoms with van der Waals surface area (Å²) in [7, 11) is 0. The maximum Gasteiger partial charge on any atom is 0.328 e. The van der Waals surface area contributed by atoms with Crippen LogP contribution in [0.3, 0.4) is 0 Å². The van der Waals surface area contributed by atoms with Crippen LogP contribution in [0.25, 0.3) is 11.3 Å². The van der Waals surface area contributed by atoms with E-state index in [4.69, 9.17) is 14.9 Å². The van der Waals surface area contributed by atoms with E-state index in [0.717, 1.165) is 29.2 Å². The van der Waals surface area contributed by atoms with Gasteiger partial charge in [-0.15, -0.1) is 5.10 Å². The van der Waals surface area contributed by atoms with Gasteiger partial charge in [0, 0.05) is 24.3 Å². The van der Waals surface area contributed by atoms with Crippen LogP contribution < -0.4 is 4.74 Å². The molecule has 1 fully saturated rings. The number of likely N-dealkylation sites (tertiary alicyclic amines) is 1. The lowest BCUT2D eigenvalue weighted by Gasteiger charge is -2.14. The second-order valence-corrected chi connectivity index (χ2v) is 6.30. The van der Waals surface area contributed by atoms with Gasteiger partial charge in [0.1, 0.15) is 6.61 Å². The number of nitrogens with zero attached hydrogens (tertiary/aromatic N) is 2. The molecule has 1 saturated heterocycles. The smallest absolute Gasteiger partial charge is 0.328 e. The molecule has 1 aromatic carbocycles. The van der Waals surface area contributed by atoms with Gasteiger partial charge in [-0.1, -0.05) is 30.3 Å². The predicted octanol–water partition coefficient (Wildman–Crippen LogP) is 2.57. The number of hydrogen-bond donors (Lipinski definition) is 3. The number of nitrogens with one attached hydrogen (secondary N) is 1. The normalized spacial score (nSPS) is 13.9. The minimum absolute atomic E-state index is 0.558. The Hall–Kier alpha value is -3.13. The fraction of sp³-hybridized carbons (Fsp3) is 0.350. The zero-order chi connectivity index (χ0) is 20.4. The van der Waals surface area contributed by atoms with Crippen LogP contribution in [-0.4, -0.2) is 63.5 Å². The molecule has 28 heavy (non-hydrogen) atoms. The summed E-state index contributed by atoms with van der Waals surface area (Å²) >= 11 is 0. The number of carbonyl (C=O) groups is 2. The molecule has 0 spiro atoms. The number of aromatic amines is 1. The van der Waals surface area contributed by atoms with Gasteiger partial charge in [0.2, 0.25) is 5.88 Å². The average molecular weight is 387 g/mol. The van der Waals surface area contributed by atoms with Crippen molar-refractivity contribution in [2.75, 3.05) is 26.2 Å². The number of H-pyrrole nitrogens is 1. The molecule has 2 heterocycles. The van der Waals surface area contributed by atoms with Crippen LogP contribution in [0, 0.1) is 6.92 Å². The van der Waals surface area contributed by atoms with Gasteiger partial charge in [0.15, 0.2) is 0 Å². The Balaban J connectivity index is 0.000000300. The van der Waals surface area contributed by atoms with Crippen molar-refractivity contribution in [1.29, 1.82) is 0 Å². The van der Waals surface area contributed by atoms with E-state index in [-0.39, 0.29) is 0 Å². The van der Waals surface area contributed by atoms with Gasteiger partial charge in [0.25, 0.3) is 0 Å². The summed E-state index contributed by atoms with van der Waals surface area (Å²) in [4.78, 5) is 21.6. The molecule has 0 amide bonds. The molecule has 0 aliphatic carbocycles. The summed E-state index contributed by atoms with van der Waals surface area (Å²) in [6, 6.07) is 10.2. The Labute approximate surface area is 163 Å². The third-order valence-corrected chi connectivity index (χ3v) is 4.24. The highest BCUT2D eigenvalue weighted by atomic mass is 16.5. The molecular formula is C20H25N3O5. The minimum Gasteiger partial charge on any atom is -0.478 e. The highest BCUT2D eigenvalue weighted by molar-refractivity contribution is 5.89. The largest absolute Gasteiger partial charge is 0.478 e. The van der Waals surface area contributed by atoms with E-state index in [1.54, 1.807) is 0 Å². The number of hydrogen-bond acceptors (Lipinski definition) is 5. The first kappa shape index (κ1) is 21.2. The molecule has 0 unspecified atom stereocenters. The quantitative estimate of drug-likeness (QED) is 0.625. The maximum absolute atomic E-state index is 9.55. The van der Waals surface area contributed by atoms with Gasteiger partial charge in [-0.05, 0) is 38.4 Å². The van der Waals surface area contributed by atoms with E-state index < -0.39 is 11.9 Å². The number of aliphatic carboxylic acids is 2. The lowest BCUT2D eigenvalue weighted by atomic mass is 10.1. The lowest BCUT2D eigenvalue weighted by Crippen LogP contribution is -2.25. The minimum atomic E-state index is -1.26. The van der Waals surface area contributed by atoms with E-state index in [9.17, 15) is 9.59 Å². The Kier molecular flexibility index (Phi) is 8.23. The summed E-state index contributed by atoms with van der Waals surface area (Å²) in [5.41, 5.74) is 3.27. The van der Waals surface area contributed by atoms with Crippen molar-refractivity contribution >= 4 is 11.9 Å². The summed E-state index contributed by atoms with van der Waals surface area (Å²) < 4.78 is 5.82. The van der Waals surface area contributed by atoms with Crippen LogP contribution in [0.2, 0.25) is 0 Å². The van der Waals surface area contributed by atoms with Gasteiger partial charge in [-0.2, -0.15) is 0 Å². The highest BCUT2D eigenvalue weighted by Crippen LogP contribution is 2.26. The third kappa shape index (κ3) is 6.88. The molecule has 3 rings (SSSR count). The summed E-state index contributed by atoms with van der Waals surface area (Å²) in [6.45, 7) is 6.17. The van der Waals surface area contributed by atoms with Gasteiger partial charge >= 0.3 is 11.9 Å². The molecule has 1 aliphatic rings. The Morgan fingerprint density at radius 3 is 2.32 bits per heavy atom. The van der Waals surface area contributed by atoms with Crippen LogP contribution in [0.4, 0.5) is 0 Å². The third-order valence-electron chi connectivity index (χ3n) is 4.24. The molecule has 8 nitrogen and oxygen atoms in total. The molecule has 2 aromatic rings. The predicted molar refractivity (Wildman–Crippen MR) is 104 cm³/mol. The van der Waals surface area contributed by atoms with Crippen LogP contribution in [0.1, 0.15) is 18.4 Å². The summed E-state index contributed by atoms with van der Waals surface area (Å²) in [5.74, 6) is -1.79. The van der Waals surface area contributed by atoms with Crippen molar-refractivity contribution in [3.05, 3.63) is 48.0 Å². The van der Waals surface area contributed by atoms with Crippen molar-refractivity contribution in [3.8, 4) is 17.1 Å². The van der Waals surface area contributed by atoms with Crippen LogP contribution in [-0.2, 0) is 9.59 Å². The fourth-order valence-corrected chi connectivity index (χ4v) is 2.83. The molecule has 0 bridgehead atoms. The highest BCUT2D eigenvalue weighted by Gasteiger charge is 2.14. The number of aromatic nitrogens is 2. The Bertz CT molecular complexity index is 779. The first-order valence-corrected chi connectivity index (χ1v) is 9.07. The van der Waals surface area contributed by atoms with Crippen molar-refractivity contribution < 1.29 is 24.5 Å². The van der Waals surface area contributed by atoms with Gasteiger partial charge in [0.05, 0.1) is 5.69 Å². The van der Waals surface area contributed by atoms with Gasteiger partial charge in [-0.3, -0.25) is 10.00 Å². The molecule has 150 valence electrons. The number of ether oxygens (including phenoxy) is 1. The molecule has 0 radical (unpaired) electrons. The van der Waals surface area contributed by atoms with Gasteiger partial charge < -0.3 is 14.9 Å². The SMILES string of the molecule is Cc1c(OCCN2CCCC2)n[nH]c1-c1ccccc1.O=C(O)/C=C/C(=O)O. The van der Waals surface area contributed by atoms with E-state index in [1.807, 2.05) is 18.2 Å². The molecule has 1 aliphatic heterocycles. The van der Waals surface area contributed by atoms with E-state index in [0.29, 0.717) is 18.8 Å². The standard InChI is InChI=1S/C16H21N3O.C4H4O4/c1-13-15(14-7-3-2-4-8-14)17-18-16(13)20-12-11-19-9-5-6-10-19;5-3(6)1-2-4(7)8/h2-4,7-8H,5-6,9-12H2,1H3,(H,17,18);1-2H,(H,5,6)(H,7,8)/b;2-1+. The number of benzene rings is 1. The Morgan fingerprint density at radius 2 is 1.75 bits per heavy atom. The van der Waals surface area contributed by atoms with Gasteiger partial charge in [-0.25, -0.2) is 9.59 Å². The van der Waals surface area contributed by atoms with Crippen molar-refractivity contribution in [1.82, 2.24) is 15.1 Å². The topological polar surface area (TPSA) is 116 Å². The number of carboxylic acid groups (broad SMARTS) is 2. The fourth-order valence-electron chi connectivity index (χ4n) is 2.83. The number of carboxylic acids is 2. The van der Waals surface area contributed by atoms with E-state index in [2.05, 4.69) is 34.2 Å². The summed E-state index contributed by atoms with van der Waals surface area (Å²) in [6.07, 6.45) is 3.75.